The first kappa shape index (κ1) is 21.7. The van der Waals surface area contributed by atoms with Gasteiger partial charge in [-0.05, 0) is 71.8 Å². The smallest absolute Gasteiger partial charge is 0.227 e. The molecule has 1 fully saturated rings. The van der Waals surface area contributed by atoms with Crippen molar-refractivity contribution in [3.8, 4) is 22.5 Å². The number of rotatable bonds is 5. The lowest BCUT2D eigenvalue weighted by molar-refractivity contribution is 0.316. The van der Waals surface area contributed by atoms with Crippen LogP contribution in [-0.4, -0.2) is 9.97 Å². The van der Waals surface area contributed by atoms with Gasteiger partial charge in [0.25, 0.3) is 0 Å². The Kier molecular flexibility index (Phi) is 5.61. The van der Waals surface area contributed by atoms with Crippen LogP contribution < -0.4 is 0 Å². The Morgan fingerprint density at radius 2 is 1.71 bits per heavy atom. The fourth-order valence-electron chi connectivity index (χ4n) is 5.58. The zero-order valence-electron chi connectivity index (χ0n) is 19.8. The molecule has 1 unspecified atom stereocenters. The van der Waals surface area contributed by atoms with E-state index in [0.29, 0.717) is 28.6 Å². The summed E-state index contributed by atoms with van der Waals surface area (Å²) in [4.78, 5) is 20.7. The second-order valence-corrected chi connectivity index (χ2v) is 9.60. The minimum Gasteiger partial charge on any atom is -0.437 e. The predicted octanol–water partition coefficient (Wildman–Crippen LogP) is 8.79. The first-order chi connectivity index (χ1) is 17.2. The van der Waals surface area contributed by atoms with Gasteiger partial charge in [0.1, 0.15) is 11.3 Å². The van der Waals surface area contributed by atoms with Crippen LogP contribution in [0.15, 0.2) is 82.5 Å². The van der Waals surface area contributed by atoms with Gasteiger partial charge in [0.2, 0.25) is 5.71 Å². The van der Waals surface area contributed by atoms with Crippen LogP contribution in [0.3, 0.4) is 0 Å². The summed E-state index contributed by atoms with van der Waals surface area (Å²) in [5, 5.41) is 5.09. The maximum Gasteiger partial charge on any atom is 0.227 e. The molecule has 1 aliphatic rings. The van der Waals surface area contributed by atoms with Gasteiger partial charge in [-0.2, -0.15) is 0 Å². The molecular weight excluding hydrogens is 434 g/mol. The molecule has 1 aliphatic carbocycles. The summed E-state index contributed by atoms with van der Waals surface area (Å²) in [5.74, 6) is 1.26. The fraction of sp³-hybridized carbons (Fsp3) is 0.267. The molecule has 35 heavy (non-hydrogen) atoms. The van der Waals surface area contributed by atoms with Crippen LogP contribution in [0.25, 0.3) is 44.6 Å². The van der Waals surface area contributed by atoms with Crippen LogP contribution in [-0.2, 0) is 0 Å². The van der Waals surface area contributed by atoms with E-state index in [1.807, 2.05) is 36.5 Å². The van der Waals surface area contributed by atoms with Crippen molar-refractivity contribution in [2.75, 3.05) is 0 Å². The average Bonchev–Trinajstić information content (AvgIpc) is 3.31. The monoisotopic (exact) mass is 461 g/mol. The summed E-state index contributed by atoms with van der Waals surface area (Å²) in [5.41, 5.74) is 6.27. The largest absolute Gasteiger partial charge is 0.437 e. The number of nitroso groups, excluding NO2 is 1. The van der Waals surface area contributed by atoms with Crippen molar-refractivity contribution in [1.82, 2.24) is 9.97 Å². The van der Waals surface area contributed by atoms with E-state index in [-0.39, 0.29) is 0 Å². The van der Waals surface area contributed by atoms with Crippen molar-refractivity contribution in [3.63, 3.8) is 0 Å². The van der Waals surface area contributed by atoms with Crippen LogP contribution in [0.1, 0.15) is 50.5 Å². The third kappa shape index (κ3) is 3.91. The van der Waals surface area contributed by atoms with Crippen molar-refractivity contribution < 1.29 is 4.42 Å². The zero-order chi connectivity index (χ0) is 23.8. The average molecular weight is 462 g/mol. The highest BCUT2D eigenvalue weighted by Crippen LogP contribution is 2.39. The molecule has 1 atom stereocenters. The Morgan fingerprint density at radius 1 is 0.886 bits per heavy atom. The molecule has 0 spiro atoms. The number of pyridine rings is 2. The van der Waals surface area contributed by atoms with Crippen LogP contribution in [0, 0.1) is 10.8 Å². The van der Waals surface area contributed by atoms with Crippen molar-refractivity contribution in [2.45, 2.75) is 44.9 Å². The Morgan fingerprint density at radius 3 is 2.57 bits per heavy atom. The lowest BCUT2D eigenvalue weighted by atomic mass is 9.78. The molecule has 0 aliphatic heterocycles. The third-order valence-corrected chi connectivity index (χ3v) is 7.59. The summed E-state index contributed by atoms with van der Waals surface area (Å²) in [6.45, 7) is 2.36. The summed E-state index contributed by atoms with van der Waals surface area (Å²) >= 11 is 0. The normalized spacial score (nSPS) is 15.5. The highest BCUT2D eigenvalue weighted by Gasteiger charge is 2.22. The van der Waals surface area contributed by atoms with E-state index in [1.54, 1.807) is 12.1 Å². The second-order valence-electron chi connectivity index (χ2n) is 9.60. The molecule has 0 bridgehead atoms. The number of para-hydroxylation sites is 1. The number of hydrogen-bond donors (Lipinski definition) is 0. The summed E-state index contributed by atoms with van der Waals surface area (Å²) in [6.07, 6.45) is 8.60. The molecule has 174 valence electrons. The molecule has 3 aromatic heterocycles. The standard InChI is InChI=1S/C30H27N3O2/c1-19(20-8-3-2-4-9-20)21-16-17-31-28(18-21)25-12-7-11-22-23-14-15-26(32-30(23)35-29(22)25)24-10-5-6-13-27(24)33-34/h5-7,10-20H,2-4,8-9H2,1H3. The second kappa shape index (κ2) is 9.06. The number of nitrogens with zero attached hydrogens (tertiary/aromatic N) is 3. The van der Waals surface area contributed by atoms with Crippen LogP contribution in [0.4, 0.5) is 5.69 Å². The topological polar surface area (TPSA) is 68.3 Å². The molecule has 0 N–H and O–H groups in total. The van der Waals surface area contributed by atoms with Gasteiger partial charge in [-0.3, -0.25) is 4.98 Å². The SMILES string of the molecule is CC(c1ccnc(-c2cccc3c2oc2nc(-c4ccccc4N=O)ccc23)c1)C1CCCCC1. The van der Waals surface area contributed by atoms with E-state index in [2.05, 4.69) is 36.4 Å². The number of furan rings is 1. The fourth-order valence-corrected chi connectivity index (χ4v) is 5.58. The van der Waals surface area contributed by atoms with Crippen molar-refractivity contribution >= 4 is 27.8 Å². The lowest BCUT2D eigenvalue weighted by Gasteiger charge is -2.28. The molecule has 1 saturated carbocycles. The minimum absolute atomic E-state index is 0.365. The minimum atomic E-state index is 0.365. The molecule has 5 heteroatoms. The van der Waals surface area contributed by atoms with Gasteiger partial charge < -0.3 is 4.42 Å². The molecular formula is C30H27N3O2. The van der Waals surface area contributed by atoms with Gasteiger partial charge in [-0.15, -0.1) is 4.91 Å². The highest BCUT2D eigenvalue weighted by atomic mass is 16.3. The predicted molar refractivity (Wildman–Crippen MR) is 141 cm³/mol. The summed E-state index contributed by atoms with van der Waals surface area (Å²) in [7, 11) is 0. The van der Waals surface area contributed by atoms with E-state index in [9.17, 15) is 4.91 Å². The van der Waals surface area contributed by atoms with Crippen molar-refractivity contribution in [3.05, 3.63) is 83.4 Å². The third-order valence-electron chi connectivity index (χ3n) is 7.59. The first-order valence-electron chi connectivity index (χ1n) is 12.4. The van der Waals surface area contributed by atoms with E-state index < -0.39 is 0 Å². The van der Waals surface area contributed by atoms with E-state index in [4.69, 9.17) is 14.4 Å². The van der Waals surface area contributed by atoms with E-state index >= 15 is 0 Å². The summed E-state index contributed by atoms with van der Waals surface area (Å²) < 4.78 is 6.33. The maximum absolute atomic E-state index is 11.3. The maximum atomic E-state index is 11.3. The molecule has 0 amide bonds. The number of aromatic nitrogens is 2. The molecule has 2 aromatic carbocycles. The van der Waals surface area contributed by atoms with Gasteiger partial charge in [-0.25, -0.2) is 4.98 Å². The quantitative estimate of drug-likeness (QED) is 0.245. The number of fused-ring (bicyclic) bond motifs is 3. The molecule has 3 heterocycles. The Balaban J connectivity index is 1.43. The van der Waals surface area contributed by atoms with E-state index in [0.717, 1.165) is 33.5 Å². The first-order valence-corrected chi connectivity index (χ1v) is 12.4. The number of hydrogen-bond acceptors (Lipinski definition) is 5. The van der Waals surface area contributed by atoms with Gasteiger partial charge in [0.15, 0.2) is 0 Å². The Labute approximate surface area is 204 Å². The molecule has 5 aromatic rings. The van der Waals surface area contributed by atoms with Gasteiger partial charge in [-0.1, -0.05) is 56.5 Å². The van der Waals surface area contributed by atoms with E-state index in [1.165, 1.54) is 37.7 Å². The Hall–Kier alpha value is -3.86. The van der Waals surface area contributed by atoms with Crippen LogP contribution in [0.2, 0.25) is 0 Å². The van der Waals surface area contributed by atoms with Crippen molar-refractivity contribution in [1.29, 1.82) is 0 Å². The number of benzene rings is 2. The summed E-state index contributed by atoms with van der Waals surface area (Å²) in [6, 6.07) is 21.7. The molecule has 0 radical (unpaired) electrons. The molecule has 5 nitrogen and oxygen atoms in total. The van der Waals surface area contributed by atoms with Crippen molar-refractivity contribution in [2.24, 2.45) is 11.1 Å². The van der Waals surface area contributed by atoms with Crippen LogP contribution in [0.5, 0.6) is 0 Å². The highest BCUT2D eigenvalue weighted by molar-refractivity contribution is 6.08. The molecule has 6 rings (SSSR count). The lowest BCUT2D eigenvalue weighted by Crippen LogP contribution is -2.14. The molecule has 0 saturated heterocycles. The zero-order valence-corrected chi connectivity index (χ0v) is 19.8. The van der Waals surface area contributed by atoms with Crippen LogP contribution >= 0.6 is 0 Å². The van der Waals surface area contributed by atoms with Gasteiger partial charge in [0.05, 0.1) is 11.4 Å². The Bertz CT molecular complexity index is 1530. The van der Waals surface area contributed by atoms with Gasteiger partial charge in [0, 0.05) is 28.1 Å². The van der Waals surface area contributed by atoms with Gasteiger partial charge >= 0.3 is 0 Å².